The van der Waals surface area contributed by atoms with Crippen molar-refractivity contribution in [2.24, 2.45) is 0 Å². The maximum atomic E-state index is 12.3. The lowest BCUT2D eigenvalue weighted by molar-refractivity contribution is -0.114. The van der Waals surface area contributed by atoms with Crippen LogP contribution in [0.25, 0.3) is 0 Å². The zero-order valence-electron chi connectivity index (χ0n) is 16.7. The zero-order chi connectivity index (χ0) is 21.3. The van der Waals surface area contributed by atoms with Gasteiger partial charge in [-0.15, -0.1) is 0 Å². The van der Waals surface area contributed by atoms with Crippen molar-refractivity contribution in [1.29, 1.82) is 0 Å². The second-order valence-corrected chi connectivity index (χ2v) is 7.33. The van der Waals surface area contributed by atoms with E-state index in [0.29, 0.717) is 22.9 Å². The molecule has 0 heterocycles. The molecule has 0 spiro atoms. The number of hydrogen-bond donors (Lipinski definition) is 3. The lowest BCUT2D eigenvalue weighted by atomic mass is 9.88. The van der Waals surface area contributed by atoms with E-state index in [1.165, 1.54) is 18.1 Å². The fourth-order valence-electron chi connectivity index (χ4n) is 3.29. The van der Waals surface area contributed by atoms with Gasteiger partial charge in [-0.2, -0.15) is 0 Å². The van der Waals surface area contributed by atoms with E-state index in [1.807, 2.05) is 36.4 Å². The topological polar surface area (TPSA) is 70.2 Å². The molecule has 30 heavy (non-hydrogen) atoms. The molecule has 3 aromatic rings. The number of halogens is 1. The molecule has 0 saturated carbocycles. The number of anilines is 2. The Bertz CT molecular complexity index is 954. The van der Waals surface area contributed by atoms with E-state index in [1.54, 1.807) is 18.2 Å². The Morgan fingerprint density at radius 1 is 0.867 bits per heavy atom. The maximum absolute atomic E-state index is 12.3. The van der Waals surface area contributed by atoms with Crippen LogP contribution < -0.4 is 16.0 Å². The Labute approximate surface area is 181 Å². The summed E-state index contributed by atoms with van der Waals surface area (Å²) in [7, 11) is 0. The molecule has 3 amide bonds. The third-order valence-electron chi connectivity index (χ3n) is 4.66. The summed E-state index contributed by atoms with van der Waals surface area (Å²) in [6, 6.07) is 25.1. The minimum absolute atomic E-state index is 0.184. The van der Waals surface area contributed by atoms with Crippen LogP contribution in [0.1, 0.15) is 30.4 Å². The summed E-state index contributed by atoms with van der Waals surface area (Å²) in [5, 5.41) is 8.65. The van der Waals surface area contributed by atoms with Gasteiger partial charge in [0.1, 0.15) is 0 Å². The summed E-state index contributed by atoms with van der Waals surface area (Å²) < 4.78 is 0. The number of nitrogens with one attached hydrogen (secondary N) is 3. The van der Waals surface area contributed by atoms with Crippen molar-refractivity contribution in [2.75, 3.05) is 17.2 Å². The molecule has 0 unspecified atom stereocenters. The summed E-state index contributed by atoms with van der Waals surface area (Å²) in [4.78, 5) is 23.5. The highest BCUT2D eigenvalue weighted by Gasteiger charge is 2.14. The Kier molecular flexibility index (Phi) is 7.46. The number of rotatable bonds is 7. The van der Waals surface area contributed by atoms with Crippen molar-refractivity contribution in [2.45, 2.75) is 19.3 Å². The molecule has 0 radical (unpaired) electrons. The average molecular weight is 422 g/mol. The third kappa shape index (κ3) is 6.09. The minimum atomic E-state index is -0.330. The van der Waals surface area contributed by atoms with Gasteiger partial charge in [0.2, 0.25) is 5.91 Å². The van der Waals surface area contributed by atoms with Gasteiger partial charge in [-0.3, -0.25) is 4.79 Å². The van der Waals surface area contributed by atoms with E-state index in [0.717, 1.165) is 6.42 Å². The number of urea groups is 1. The molecule has 0 bridgehead atoms. The van der Waals surface area contributed by atoms with Crippen molar-refractivity contribution in [3.63, 3.8) is 0 Å². The highest BCUT2D eigenvalue weighted by molar-refractivity contribution is 6.34. The van der Waals surface area contributed by atoms with Gasteiger partial charge < -0.3 is 16.0 Å². The molecule has 0 aliphatic heterocycles. The van der Waals surface area contributed by atoms with E-state index in [-0.39, 0.29) is 17.9 Å². The van der Waals surface area contributed by atoms with Crippen LogP contribution in [0.4, 0.5) is 16.2 Å². The van der Waals surface area contributed by atoms with Gasteiger partial charge in [-0.1, -0.05) is 72.3 Å². The highest BCUT2D eigenvalue weighted by Crippen LogP contribution is 2.28. The average Bonchev–Trinajstić information content (AvgIpc) is 2.74. The Morgan fingerprint density at radius 2 is 1.47 bits per heavy atom. The molecule has 0 atom stereocenters. The largest absolute Gasteiger partial charge is 0.338 e. The SMILES string of the molecule is CC(=O)Nc1ccc(NC(=O)NCCC(c2ccccc2)c2ccccc2)c(Cl)c1. The number of amides is 3. The van der Waals surface area contributed by atoms with Crippen molar-refractivity contribution in [3.8, 4) is 0 Å². The molecular weight excluding hydrogens is 398 g/mol. The minimum Gasteiger partial charge on any atom is -0.338 e. The van der Waals surface area contributed by atoms with Crippen molar-refractivity contribution in [1.82, 2.24) is 5.32 Å². The molecule has 6 heteroatoms. The van der Waals surface area contributed by atoms with Crippen molar-refractivity contribution >= 4 is 34.9 Å². The van der Waals surface area contributed by atoms with E-state index in [4.69, 9.17) is 11.6 Å². The van der Waals surface area contributed by atoms with Crippen molar-refractivity contribution < 1.29 is 9.59 Å². The number of benzene rings is 3. The number of carbonyl (C=O) groups is 2. The van der Waals surface area contributed by atoms with Gasteiger partial charge in [0.15, 0.2) is 0 Å². The fraction of sp³-hybridized carbons (Fsp3) is 0.167. The first-order valence-electron chi connectivity index (χ1n) is 9.75. The molecular formula is C24H24ClN3O2. The van der Waals surface area contributed by atoms with E-state index in [9.17, 15) is 9.59 Å². The lowest BCUT2D eigenvalue weighted by Gasteiger charge is -2.18. The van der Waals surface area contributed by atoms with Gasteiger partial charge >= 0.3 is 6.03 Å². The second-order valence-electron chi connectivity index (χ2n) is 6.92. The Morgan fingerprint density at radius 3 is 2.00 bits per heavy atom. The van der Waals surface area contributed by atoms with Gasteiger partial charge in [0, 0.05) is 25.1 Å². The molecule has 0 aliphatic carbocycles. The van der Waals surface area contributed by atoms with Gasteiger partial charge in [-0.25, -0.2) is 4.79 Å². The van der Waals surface area contributed by atoms with E-state index in [2.05, 4.69) is 40.2 Å². The standard InChI is InChI=1S/C24H24ClN3O2/c1-17(29)27-20-12-13-23(22(25)16-20)28-24(30)26-15-14-21(18-8-4-2-5-9-18)19-10-6-3-7-11-19/h2-13,16,21H,14-15H2,1H3,(H,27,29)(H2,26,28,30). The molecule has 3 aromatic carbocycles. The first-order chi connectivity index (χ1) is 14.5. The zero-order valence-corrected chi connectivity index (χ0v) is 17.4. The molecule has 3 rings (SSSR count). The second kappa shape index (κ2) is 10.5. The monoisotopic (exact) mass is 421 g/mol. The quantitative estimate of drug-likeness (QED) is 0.461. The van der Waals surface area contributed by atoms with Gasteiger partial charge in [0.25, 0.3) is 0 Å². The molecule has 5 nitrogen and oxygen atoms in total. The Balaban J connectivity index is 1.59. The third-order valence-corrected chi connectivity index (χ3v) is 4.97. The molecule has 154 valence electrons. The van der Waals surface area contributed by atoms with Crippen LogP contribution in [0.2, 0.25) is 5.02 Å². The van der Waals surface area contributed by atoms with Crippen LogP contribution >= 0.6 is 11.6 Å². The summed E-state index contributed by atoms with van der Waals surface area (Å²) >= 11 is 6.21. The van der Waals surface area contributed by atoms with E-state index < -0.39 is 0 Å². The molecule has 0 aliphatic rings. The van der Waals surface area contributed by atoms with E-state index >= 15 is 0 Å². The maximum Gasteiger partial charge on any atom is 0.319 e. The lowest BCUT2D eigenvalue weighted by Crippen LogP contribution is -2.30. The van der Waals surface area contributed by atoms with Gasteiger partial charge in [-0.05, 0) is 35.7 Å². The predicted molar refractivity (Wildman–Crippen MR) is 122 cm³/mol. The Hall–Kier alpha value is -3.31. The van der Waals surface area contributed by atoms with Crippen LogP contribution in [0.15, 0.2) is 78.9 Å². The summed E-state index contributed by atoms with van der Waals surface area (Å²) in [5.41, 5.74) is 3.47. The fourth-order valence-corrected chi connectivity index (χ4v) is 3.52. The van der Waals surface area contributed by atoms with Crippen LogP contribution in [0.5, 0.6) is 0 Å². The van der Waals surface area contributed by atoms with Crippen LogP contribution in [-0.4, -0.2) is 18.5 Å². The van der Waals surface area contributed by atoms with Crippen LogP contribution in [0, 0.1) is 0 Å². The molecule has 3 N–H and O–H groups in total. The molecule has 0 aromatic heterocycles. The smallest absolute Gasteiger partial charge is 0.319 e. The van der Waals surface area contributed by atoms with Crippen molar-refractivity contribution in [3.05, 3.63) is 95.0 Å². The van der Waals surface area contributed by atoms with Gasteiger partial charge in [0.05, 0.1) is 10.7 Å². The summed E-state index contributed by atoms with van der Waals surface area (Å²) in [5.74, 6) is 0.00383. The highest BCUT2D eigenvalue weighted by atomic mass is 35.5. The predicted octanol–water partition coefficient (Wildman–Crippen LogP) is 5.64. The molecule has 0 saturated heterocycles. The first-order valence-corrected chi connectivity index (χ1v) is 10.1. The number of hydrogen-bond acceptors (Lipinski definition) is 2. The first kappa shape index (κ1) is 21.4. The summed E-state index contributed by atoms with van der Waals surface area (Å²) in [6.07, 6.45) is 0.761. The molecule has 0 fully saturated rings. The normalized spacial score (nSPS) is 10.5. The van der Waals surface area contributed by atoms with Crippen LogP contribution in [0.3, 0.4) is 0 Å². The number of carbonyl (C=O) groups excluding carboxylic acids is 2. The summed E-state index contributed by atoms with van der Waals surface area (Å²) in [6.45, 7) is 1.92. The van der Waals surface area contributed by atoms with Crippen LogP contribution in [-0.2, 0) is 4.79 Å².